The number of nitrogens with two attached hydrogens (primary N) is 1. The smallest absolute Gasteiger partial charge is 0.129 e. The number of nitrogens with zero attached hydrogens (tertiary/aromatic N) is 3. The summed E-state index contributed by atoms with van der Waals surface area (Å²) < 4.78 is 0. The van der Waals surface area contributed by atoms with Gasteiger partial charge in [0.25, 0.3) is 0 Å². The van der Waals surface area contributed by atoms with Gasteiger partial charge < -0.3 is 10.7 Å². The number of dihydropyridines is 1. The van der Waals surface area contributed by atoms with Crippen molar-refractivity contribution in [3.63, 3.8) is 0 Å². The molecule has 2 aliphatic heterocycles. The Morgan fingerprint density at radius 2 is 2.11 bits per heavy atom. The van der Waals surface area contributed by atoms with Crippen molar-refractivity contribution in [1.82, 2.24) is 10.0 Å². The molecule has 2 N–H and O–H groups in total. The molecule has 2 heterocycles. The molecule has 4 heteroatoms. The summed E-state index contributed by atoms with van der Waals surface area (Å²) in [7, 11) is 2.08. The minimum absolute atomic E-state index is 0.322. The minimum Gasteiger partial charge on any atom is -0.398 e. The van der Waals surface area contributed by atoms with Crippen molar-refractivity contribution in [3.8, 4) is 0 Å². The van der Waals surface area contributed by atoms with Crippen LogP contribution in [0.15, 0.2) is 52.5 Å². The Morgan fingerprint density at radius 1 is 1.33 bits per heavy atom. The molecule has 1 aliphatic carbocycles. The van der Waals surface area contributed by atoms with Crippen molar-refractivity contribution in [2.24, 2.45) is 10.7 Å². The maximum absolute atomic E-state index is 6.16. The fourth-order valence-electron chi connectivity index (χ4n) is 2.88. The van der Waals surface area contributed by atoms with Gasteiger partial charge in [-0.25, -0.2) is 5.01 Å². The standard InChI is InChI=1S/C14H18N4/c1-10(2)18-9-11-12(15)5-6-13-14(11,17(18)3)7-4-8-16-13/h4-10H,15H2,1-3H3. The first-order valence-corrected chi connectivity index (χ1v) is 6.22. The fourth-order valence-corrected chi connectivity index (χ4v) is 2.88. The molecule has 0 amide bonds. The zero-order valence-electron chi connectivity index (χ0n) is 11.0. The van der Waals surface area contributed by atoms with Crippen molar-refractivity contribution in [2.75, 3.05) is 7.05 Å². The fraction of sp³-hybridized carbons (Fsp3) is 0.357. The number of likely N-dealkylation sites (N-methyl/N-ethyl adjacent to an activating group) is 1. The van der Waals surface area contributed by atoms with Crippen LogP contribution in [-0.4, -0.2) is 34.9 Å². The second-order valence-corrected chi connectivity index (χ2v) is 5.12. The highest BCUT2D eigenvalue weighted by Crippen LogP contribution is 2.45. The molecule has 0 aromatic heterocycles. The first kappa shape index (κ1) is 11.3. The number of allylic oxidation sites excluding steroid dienone is 3. The molecule has 3 rings (SSSR count). The maximum Gasteiger partial charge on any atom is 0.129 e. The van der Waals surface area contributed by atoms with Gasteiger partial charge in [-0.05, 0) is 32.1 Å². The summed E-state index contributed by atoms with van der Waals surface area (Å²) in [6, 6.07) is 0.385. The van der Waals surface area contributed by atoms with Crippen LogP contribution in [0.25, 0.3) is 0 Å². The van der Waals surface area contributed by atoms with E-state index < -0.39 is 0 Å². The summed E-state index contributed by atoms with van der Waals surface area (Å²) in [5, 5.41) is 4.42. The average molecular weight is 242 g/mol. The Morgan fingerprint density at radius 3 is 2.83 bits per heavy atom. The topological polar surface area (TPSA) is 44.9 Å². The van der Waals surface area contributed by atoms with E-state index in [0.29, 0.717) is 6.04 Å². The van der Waals surface area contributed by atoms with E-state index >= 15 is 0 Å². The molecule has 0 saturated carbocycles. The van der Waals surface area contributed by atoms with Crippen molar-refractivity contribution < 1.29 is 0 Å². The van der Waals surface area contributed by atoms with Crippen LogP contribution in [0.3, 0.4) is 0 Å². The highest BCUT2D eigenvalue weighted by molar-refractivity contribution is 5.78. The summed E-state index contributed by atoms with van der Waals surface area (Å²) in [6.45, 7) is 4.33. The first-order valence-electron chi connectivity index (χ1n) is 6.22. The Hall–Kier alpha value is -1.81. The van der Waals surface area contributed by atoms with E-state index in [0.717, 1.165) is 17.0 Å². The van der Waals surface area contributed by atoms with Crippen LogP contribution in [-0.2, 0) is 0 Å². The molecule has 1 atom stereocenters. The highest BCUT2D eigenvalue weighted by Gasteiger charge is 2.49. The maximum atomic E-state index is 6.16. The van der Waals surface area contributed by atoms with Crippen LogP contribution >= 0.6 is 0 Å². The third-order valence-electron chi connectivity index (χ3n) is 3.82. The lowest BCUT2D eigenvalue weighted by molar-refractivity contribution is 0.00104. The molecule has 0 aromatic rings. The van der Waals surface area contributed by atoms with E-state index in [1.807, 2.05) is 24.4 Å². The van der Waals surface area contributed by atoms with Gasteiger partial charge in [0.15, 0.2) is 0 Å². The van der Waals surface area contributed by atoms with Gasteiger partial charge in [-0.15, -0.1) is 0 Å². The summed E-state index contributed by atoms with van der Waals surface area (Å²) in [5.74, 6) is 0. The lowest BCUT2D eigenvalue weighted by Gasteiger charge is -2.43. The van der Waals surface area contributed by atoms with Crippen LogP contribution in [0.4, 0.5) is 0 Å². The number of aliphatic imine (C=N–C) groups is 1. The summed E-state index contributed by atoms with van der Waals surface area (Å²) in [4.78, 5) is 4.50. The van der Waals surface area contributed by atoms with Gasteiger partial charge in [0.1, 0.15) is 5.54 Å². The van der Waals surface area contributed by atoms with Gasteiger partial charge in [-0.1, -0.05) is 6.08 Å². The quantitative estimate of drug-likeness (QED) is 0.759. The van der Waals surface area contributed by atoms with Crippen molar-refractivity contribution in [1.29, 1.82) is 0 Å². The Kier molecular flexibility index (Phi) is 2.25. The van der Waals surface area contributed by atoms with Crippen molar-refractivity contribution in [2.45, 2.75) is 25.4 Å². The molecule has 1 unspecified atom stereocenters. The Labute approximate surface area is 107 Å². The van der Waals surface area contributed by atoms with E-state index in [1.54, 1.807) is 0 Å². The molecule has 18 heavy (non-hydrogen) atoms. The molecular formula is C14H18N4. The molecule has 0 radical (unpaired) electrons. The average Bonchev–Trinajstić information content (AvgIpc) is 2.65. The highest BCUT2D eigenvalue weighted by atomic mass is 15.7. The van der Waals surface area contributed by atoms with E-state index in [1.165, 1.54) is 0 Å². The molecule has 0 fully saturated rings. The summed E-state index contributed by atoms with van der Waals surface area (Å²) in [5.41, 5.74) is 8.79. The largest absolute Gasteiger partial charge is 0.398 e. The summed E-state index contributed by atoms with van der Waals surface area (Å²) in [6.07, 6.45) is 12.1. The normalized spacial score (nSPS) is 30.0. The number of hydrogen-bond donors (Lipinski definition) is 1. The SMILES string of the molecule is CC(C)N1C=C2C(N)=CC=C3N=CC=CC32N1C. The molecule has 3 aliphatic rings. The first-order chi connectivity index (χ1) is 8.57. The third kappa shape index (κ3) is 1.21. The molecule has 4 nitrogen and oxygen atoms in total. The van der Waals surface area contributed by atoms with E-state index in [-0.39, 0.29) is 5.54 Å². The number of rotatable bonds is 1. The lowest BCUT2D eigenvalue weighted by Crippen LogP contribution is -2.52. The van der Waals surface area contributed by atoms with Crippen molar-refractivity contribution in [3.05, 3.63) is 47.5 Å². The van der Waals surface area contributed by atoms with Gasteiger partial charge in [0.05, 0.1) is 5.70 Å². The predicted molar refractivity (Wildman–Crippen MR) is 73.5 cm³/mol. The second-order valence-electron chi connectivity index (χ2n) is 5.12. The summed E-state index contributed by atoms with van der Waals surface area (Å²) >= 11 is 0. The number of hydrazine groups is 1. The molecule has 0 bridgehead atoms. The van der Waals surface area contributed by atoms with Crippen LogP contribution in [0, 0.1) is 0 Å². The Balaban J connectivity index is 2.19. The van der Waals surface area contributed by atoms with Gasteiger partial charge in [-0.2, -0.15) is 0 Å². The Bertz CT molecular complexity index is 536. The minimum atomic E-state index is -0.322. The predicted octanol–water partition coefficient (Wildman–Crippen LogP) is 1.56. The monoisotopic (exact) mass is 242 g/mol. The van der Waals surface area contributed by atoms with Crippen LogP contribution in [0.1, 0.15) is 13.8 Å². The molecule has 0 aromatic carbocycles. The zero-order valence-corrected chi connectivity index (χ0v) is 11.0. The van der Waals surface area contributed by atoms with Gasteiger partial charge in [0, 0.05) is 36.8 Å². The van der Waals surface area contributed by atoms with Crippen LogP contribution in [0.2, 0.25) is 0 Å². The molecule has 1 spiro atoms. The van der Waals surface area contributed by atoms with Gasteiger partial charge in [0.2, 0.25) is 0 Å². The zero-order chi connectivity index (χ0) is 12.9. The van der Waals surface area contributed by atoms with Crippen LogP contribution in [0.5, 0.6) is 0 Å². The van der Waals surface area contributed by atoms with E-state index in [2.05, 4.69) is 48.2 Å². The van der Waals surface area contributed by atoms with Gasteiger partial charge in [-0.3, -0.25) is 4.99 Å². The lowest BCUT2D eigenvalue weighted by atomic mass is 9.81. The van der Waals surface area contributed by atoms with Crippen molar-refractivity contribution >= 4 is 6.21 Å². The van der Waals surface area contributed by atoms with E-state index in [9.17, 15) is 0 Å². The molecular weight excluding hydrogens is 224 g/mol. The van der Waals surface area contributed by atoms with E-state index in [4.69, 9.17) is 5.73 Å². The number of hydrogen-bond acceptors (Lipinski definition) is 4. The molecule has 94 valence electrons. The van der Waals surface area contributed by atoms with Gasteiger partial charge >= 0.3 is 0 Å². The second kappa shape index (κ2) is 3.59. The molecule has 0 saturated heterocycles. The third-order valence-corrected chi connectivity index (χ3v) is 3.82. The van der Waals surface area contributed by atoms with Crippen LogP contribution < -0.4 is 5.73 Å².